The van der Waals surface area contributed by atoms with Gasteiger partial charge in [0.05, 0.1) is 19.8 Å². The fourth-order valence-corrected chi connectivity index (χ4v) is 2.05. The molecule has 1 N–H and O–H groups in total. The summed E-state index contributed by atoms with van der Waals surface area (Å²) in [5, 5.41) is 0. The molecule has 0 bridgehead atoms. The summed E-state index contributed by atoms with van der Waals surface area (Å²) in [6.45, 7) is 9.14. The standard InChI is InChI=1S/C14H19NO/c1-2-13-3-5-14(6-4-13)7-8-15-9-11-16-12-10-15/h2-6H,1,7-12H2/p+1. The molecule has 86 valence electrons. The summed E-state index contributed by atoms with van der Waals surface area (Å²) in [6, 6.07) is 8.68. The van der Waals surface area contributed by atoms with Gasteiger partial charge in [-0.05, 0) is 11.1 Å². The SMILES string of the molecule is C=Cc1ccc(CC[NH+]2CCOCC2)cc1. The lowest BCUT2D eigenvalue weighted by Crippen LogP contribution is -3.14. The van der Waals surface area contributed by atoms with Crippen molar-refractivity contribution in [2.24, 2.45) is 0 Å². The van der Waals surface area contributed by atoms with Crippen LogP contribution in [-0.2, 0) is 11.2 Å². The van der Waals surface area contributed by atoms with Gasteiger partial charge >= 0.3 is 0 Å². The Kier molecular flexibility index (Phi) is 4.14. The third-order valence-corrected chi connectivity index (χ3v) is 3.18. The molecule has 1 aromatic carbocycles. The predicted molar refractivity (Wildman–Crippen MR) is 66.6 cm³/mol. The smallest absolute Gasteiger partial charge is 0.101 e. The molecule has 0 amide bonds. The highest BCUT2D eigenvalue weighted by molar-refractivity contribution is 5.47. The van der Waals surface area contributed by atoms with Gasteiger partial charge in [-0.25, -0.2) is 0 Å². The molecule has 2 heteroatoms. The quantitative estimate of drug-likeness (QED) is 0.789. The second-order valence-electron chi connectivity index (χ2n) is 4.31. The molecule has 0 saturated carbocycles. The molecule has 2 rings (SSSR count). The number of morpholine rings is 1. The second-order valence-corrected chi connectivity index (χ2v) is 4.31. The molecule has 0 spiro atoms. The first-order valence-electron chi connectivity index (χ1n) is 6.01. The summed E-state index contributed by atoms with van der Waals surface area (Å²) < 4.78 is 5.35. The number of rotatable bonds is 4. The average molecular weight is 218 g/mol. The van der Waals surface area contributed by atoms with Gasteiger partial charge in [0.1, 0.15) is 13.1 Å². The number of hydrogen-bond acceptors (Lipinski definition) is 1. The molecule has 1 aliphatic rings. The Morgan fingerprint density at radius 3 is 2.50 bits per heavy atom. The maximum atomic E-state index is 5.35. The summed E-state index contributed by atoms with van der Waals surface area (Å²) in [5.74, 6) is 0. The van der Waals surface area contributed by atoms with Crippen LogP contribution in [0.3, 0.4) is 0 Å². The summed E-state index contributed by atoms with van der Waals surface area (Å²) in [7, 11) is 0. The molecule has 1 heterocycles. The highest BCUT2D eigenvalue weighted by atomic mass is 16.5. The van der Waals surface area contributed by atoms with Crippen LogP contribution in [-0.4, -0.2) is 32.8 Å². The molecule has 1 fully saturated rings. The number of quaternary nitrogens is 1. The van der Waals surface area contributed by atoms with Crippen LogP contribution in [0.2, 0.25) is 0 Å². The molecule has 0 unspecified atom stereocenters. The van der Waals surface area contributed by atoms with E-state index in [0.717, 1.165) is 32.7 Å². The Morgan fingerprint density at radius 2 is 1.88 bits per heavy atom. The molecule has 0 atom stereocenters. The second kappa shape index (κ2) is 5.83. The third-order valence-electron chi connectivity index (χ3n) is 3.18. The largest absolute Gasteiger partial charge is 0.370 e. The van der Waals surface area contributed by atoms with E-state index >= 15 is 0 Å². The van der Waals surface area contributed by atoms with Gasteiger partial charge in [-0.2, -0.15) is 0 Å². The lowest BCUT2D eigenvalue weighted by molar-refractivity contribution is -0.907. The molecule has 16 heavy (non-hydrogen) atoms. The van der Waals surface area contributed by atoms with Gasteiger partial charge in [0.25, 0.3) is 0 Å². The van der Waals surface area contributed by atoms with Crippen LogP contribution in [0, 0.1) is 0 Å². The zero-order valence-electron chi connectivity index (χ0n) is 9.74. The minimum Gasteiger partial charge on any atom is -0.370 e. The first kappa shape index (κ1) is 11.4. The van der Waals surface area contributed by atoms with Gasteiger partial charge in [-0.15, -0.1) is 0 Å². The van der Waals surface area contributed by atoms with Crippen LogP contribution in [0.25, 0.3) is 6.08 Å². The summed E-state index contributed by atoms with van der Waals surface area (Å²) in [6.07, 6.45) is 3.05. The van der Waals surface area contributed by atoms with Crippen molar-refractivity contribution in [3.05, 3.63) is 42.0 Å². The maximum absolute atomic E-state index is 5.35. The van der Waals surface area contributed by atoms with E-state index in [0.29, 0.717) is 0 Å². The summed E-state index contributed by atoms with van der Waals surface area (Å²) in [5.41, 5.74) is 2.62. The zero-order chi connectivity index (χ0) is 11.2. The van der Waals surface area contributed by atoms with Gasteiger partial charge in [0.2, 0.25) is 0 Å². The van der Waals surface area contributed by atoms with Gasteiger partial charge < -0.3 is 9.64 Å². The molecule has 1 aromatic rings. The monoisotopic (exact) mass is 218 g/mol. The van der Waals surface area contributed by atoms with Gasteiger partial charge in [-0.1, -0.05) is 36.9 Å². The minimum absolute atomic E-state index is 0.921. The number of nitrogens with one attached hydrogen (secondary N) is 1. The molecule has 0 aromatic heterocycles. The molecular weight excluding hydrogens is 198 g/mol. The van der Waals surface area contributed by atoms with Crippen LogP contribution < -0.4 is 4.90 Å². The Balaban J connectivity index is 1.81. The number of benzene rings is 1. The van der Waals surface area contributed by atoms with E-state index in [-0.39, 0.29) is 0 Å². The van der Waals surface area contributed by atoms with Crippen molar-refractivity contribution in [2.45, 2.75) is 6.42 Å². The number of ether oxygens (including phenoxy) is 1. The van der Waals surface area contributed by atoms with Crippen molar-refractivity contribution in [3.63, 3.8) is 0 Å². The Hall–Kier alpha value is -1.12. The van der Waals surface area contributed by atoms with E-state index in [9.17, 15) is 0 Å². The molecule has 1 aliphatic heterocycles. The Bertz CT molecular complexity index is 325. The van der Waals surface area contributed by atoms with Crippen molar-refractivity contribution in [3.8, 4) is 0 Å². The van der Waals surface area contributed by atoms with Crippen molar-refractivity contribution < 1.29 is 9.64 Å². The minimum atomic E-state index is 0.921. The fraction of sp³-hybridized carbons (Fsp3) is 0.429. The van der Waals surface area contributed by atoms with Crippen LogP contribution in [0.4, 0.5) is 0 Å². The predicted octanol–water partition coefficient (Wildman–Crippen LogP) is 0.787. The van der Waals surface area contributed by atoms with E-state index in [2.05, 4.69) is 30.8 Å². The molecule has 0 radical (unpaired) electrons. The maximum Gasteiger partial charge on any atom is 0.101 e. The third kappa shape index (κ3) is 3.19. The van der Waals surface area contributed by atoms with E-state index in [1.807, 2.05) is 6.08 Å². The van der Waals surface area contributed by atoms with Crippen molar-refractivity contribution >= 4 is 6.08 Å². The molecular formula is C14H20NO+. The zero-order valence-corrected chi connectivity index (χ0v) is 9.74. The van der Waals surface area contributed by atoms with Gasteiger partial charge in [-0.3, -0.25) is 0 Å². The highest BCUT2D eigenvalue weighted by Crippen LogP contribution is 2.05. The first-order chi connectivity index (χ1) is 7.88. The average Bonchev–Trinajstić information content (AvgIpc) is 2.38. The van der Waals surface area contributed by atoms with Crippen LogP contribution in [0.1, 0.15) is 11.1 Å². The topological polar surface area (TPSA) is 13.7 Å². The van der Waals surface area contributed by atoms with Crippen molar-refractivity contribution in [1.82, 2.24) is 0 Å². The highest BCUT2D eigenvalue weighted by Gasteiger charge is 2.12. The summed E-state index contributed by atoms with van der Waals surface area (Å²) >= 11 is 0. The summed E-state index contributed by atoms with van der Waals surface area (Å²) in [4.78, 5) is 1.67. The Morgan fingerprint density at radius 1 is 1.19 bits per heavy atom. The Labute approximate surface area is 97.5 Å². The van der Waals surface area contributed by atoms with E-state index < -0.39 is 0 Å². The van der Waals surface area contributed by atoms with Crippen LogP contribution in [0.15, 0.2) is 30.8 Å². The molecule has 2 nitrogen and oxygen atoms in total. The van der Waals surface area contributed by atoms with Crippen LogP contribution >= 0.6 is 0 Å². The molecule has 0 aliphatic carbocycles. The first-order valence-corrected chi connectivity index (χ1v) is 6.01. The van der Waals surface area contributed by atoms with Crippen molar-refractivity contribution in [2.75, 3.05) is 32.8 Å². The molecule has 1 saturated heterocycles. The van der Waals surface area contributed by atoms with Gasteiger partial charge in [0.15, 0.2) is 0 Å². The van der Waals surface area contributed by atoms with E-state index in [1.54, 1.807) is 4.90 Å². The normalized spacial score (nSPS) is 17.2. The van der Waals surface area contributed by atoms with E-state index in [1.165, 1.54) is 17.7 Å². The van der Waals surface area contributed by atoms with Crippen LogP contribution in [0.5, 0.6) is 0 Å². The fourth-order valence-electron chi connectivity index (χ4n) is 2.05. The van der Waals surface area contributed by atoms with Crippen molar-refractivity contribution in [1.29, 1.82) is 0 Å². The number of hydrogen-bond donors (Lipinski definition) is 1. The van der Waals surface area contributed by atoms with Gasteiger partial charge in [0, 0.05) is 6.42 Å². The lowest BCUT2D eigenvalue weighted by atomic mass is 10.1. The van der Waals surface area contributed by atoms with E-state index in [4.69, 9.17) is 4.74 Å². The lowest BCUT2D eigenvalue weighted by Gasteiger charge is -2.23.